The Kier molecular flexibility index (Phi) is 8.17. The Hall–Kier alpha value is -7.39. The Morgan fingerprint density at radius 3 is 1.11 bits per heavy atom. The molecule has 0 saturated heterocycles. The van der Waals surface area contributed by atoms with Crippen molar-refractivity contribution in [2.45, 2.75) is 7.43 Å². The Labute approximate surface area is 409 Å². The van der Waals surface area contributed by atoms with Crippen LogP contribution in [0.25, 0.3) is 44.5 Å². The summed E-state index contributed by atoms with van der Waals surface area (Å²) < 4.78 is 33.4. The smallest absolute Gasteiger partial charge is 0.373 e. The van der Waals surface area contributed by atoms with Crippen LogP contribution in [0.5, 0.6) is 0 Å². The Balaban J connectivity index is 0.00000441. The summed E-state index contributed by atoms with van der Waals surface area (Å²) in [5, 5.41) is 8.81. The SMILES string of the molecule is C.O=P12B3c4ccccc4-c4ccccc4N3c3cccc(c31)-c1cc([Si](c3ccccc3)(c3ccccc3)c3ccc4c(c3)-c3cccc5c3P4(=O)B3c4ccccc4-c4ccccc4N35)ccc12. The second-order valence-electron chi connectivity index (χ2n) is 19.3. The van der Waals surface area contributed by atoms with Gasteiger partial charge in [-0.2, -0.15) is 0 Å². The molecule has 9 heteroatoms. The van der Waals surface area contributed by atoms with Gasteiger partial charge in [-0.25, -0.2) is 0 Å². The molecule has 6 aliphatic rings. The Morgan fingerprint density at radius 2 is 0.671 bits per heavy atom. The number of benzene rings is 10. The highest BCUT2D eigenvalue weighted by atomic mass is 31.2. The molecule has 2 atom stereocenters. The van der Waals surface area contributed by atoms with Crippen molar-refractivity contribution in [3.05, 3.63) is 231 Å². The first kappa shape index (κ1) is 40.5. The number of hydrogen-bond acceptors (Lipinski definition) is 4. The van der Waals surface area contributed by atoms with Crippen LogP contribution in [0.4, 0.5) is 22.7 Å². The van der Waals surface area contributed by atoms with E-state index in [-0.39, 0.29) is 20.6 Å². The third kappa shape index (κ3) is 4.68. The van der Waals surface area contributed by atoms with Crippen molar-refractivity contribution in [2.75, 3.05) is 9.62 Å². The highest BCUT2D eigenvalue weighted by Crippen LogP contribution is 2.67. The van der Waals surface area contributed by atoms with E-state index in [1.54, 1.807) is 0 Å². The summed E-state index contributed by atoms with van der Waals surface area (Å²) in [6.07, 6.45) is 0. The van der Waals surface area contributed by atoms with Gasteiger partial charge in [-0.15, -0.1) is 0 Å². The fourth-order valence-electron chi connectivity index (χ4n) is 13.8. The molecule has 10 aromatic rings. The van der Waals surface area contributed by atoms with Gasteiger partial charge in [0, 0.05) is 55.1 Å². The van der Waals surface area contributed by atoms with Gasteiger partial charge in [0.15, 0.2) is 8.07 Å². The van der Waals surface area contributed by atoms with Crippen molar-refractivity contribution in [3.63, 3.8) is 0 Å². The average molecular weight is 947 g/mol. The molecule has 16 rings (SSSR count). The van der Waals surface area contributed by atoms with E-state index in [4.69, 9.17) is 0 Å². The van der Waals surface area contributed by atoms with Crippen LogP contribution in [-0.2, 0) is 9.13 Å². The maximum atomic E-state index is 16.7. The first-order chi connectivity index (χ1) is 34.0. The topological polar surface area (TPSA) is 40.6 Å². The zero-order chi connectivity index (χ0) is 45.4. The van der Waals surface area contributed by atoms with Crippen molar-refractivity contribution in [2.24, 2.45) is 0 Å². The molecule has 0 radical (unpaired) electrons. The van der Waals surface area contributed by atoms with Gasteiger partial charge >= 0.3 is 13.1 Å². The Bertz CT molecular complexity index is 3790. The second kappa shape index (κ2) is 14.1. The summed E-state index contributed by atoms with van der Waals surface area (Å²) in [5.41, 5.74) is 15.5. The number of nitrogens with zero attached hydrogens (tertiary/aromatic N) is 2. The monoisotopic (exact) mass is 946 g/mol. The van der Waals surface area contributed by atoms with Gasteiger partial charge in [-0.1, -0.05) is 214 Å². The quantitative estimate of drug-likeness (QED) is 0.100. The second-order valence-corrected chi connectivity index (χ2v) is 28.6. The molecule has 0 aliphatic carbocycles. The van der Waals surface area contributed by atoms with Gasteiger partial charge in [0.1, 0.15) is 14.0 Å². The maximum Gasteiger partial charge on any atom is 0.377 e. The summed E-state index contributed by atoms with van der Waals surface area (Å²) in [6, 6.07) is 83.6. The van der Waals surface area contributed by atoms with Crippen molar-refractivity contribution < 1.29 is 9.13 Å². The van der Waals surface area contributed by atoms with E-state index in [1.807, 2.05) is 0 Å². The predicted octanol–water partition coefficient (Wildman–Crippen LogP) is 9.34. The van der Waals surface area contributed by atoms with Gasteiger partial charge < -0.3 is 18.8 Å². The lowest BCUT2D eigenvalue weighted by Crippen LogP contribution is -2.75. The molecule has 6 heterocycles. The third-order valence-corrected chi connectivity index (χ3v) is 28.0. The fourth-order valence-corrected chi connectivity index (χ4v) is 26.3. The summed E-state index contributed by atoms with van der Waals surface area (Å²) in [4.78, 5) is 4.76. The van der Waals surface area contributed by atoms with Gasteiger partial charge in [0.2, 0.25) is 0 Å². The van der Waals surface area contributed by atoms with Gasteiger partial charge in [0.25, 0.3) is 0 Å². The molecule has 0 saturated carbocycles. The molecule has 2 unspecified atom stereocenters. The third-order valence-electron chi connectivity index (χ3n) is 16.3. The van der Waals surface area contributed by atoms with Crippen molar-refractivity contribution in [1.82, 2.24) is 0 Å². The highest BCUT2D eigenvalue weighted by Gasteiger charge is 2.62. The molecular formula is C61H42B2N2O2P2Si. The standard InChI is InChI=1S/C60H38B2N2O2P2Si.CH4/c65-67-57-35-33-41(37-49(57)47-25-15-31-55(59(47)67)63-53-29-13-9-23-45(53)43-21-7-11-27-51(43)61(63)67)69(39-17-3-1-4-18-39,40-19-5-2-6-20-40)42-34-36-58-50(38-42)48-26-16-32-56-60(48)68(58,66)62-52-28-12-8-22-44(52)46-24-10-14-30-54(46)64(56)62;/h1-38H;1H4. The number of fused-ring (bicyclic) bond motifs is 22. The highest BCUT2D eigenvalue weighted by molar-refractivity contribution is 8.10. The molecule has 4 nitrogen and oxygen atoms in total. The minimum absolute atomic E-state index is 0. The summed E-state index contributed by atoms with van der Waals surface area (Å²) in [5.74, 6) is 0. The number of hydrogen-bond donors (Lipinski definition) is 0. The van der Waals surface area contributed by atoms with Crippen LogP contribution in [0.1, 0.15) is 7.43 Å². The van der Waals surface area contributed by atoms with Crippen LogP contribution in [-0.4, -0.2) is 21.2 Å². The van der Waals surface area contributed by atoms with E-state index in [9.17, 15) is 0 Å². The molecular weight excluding hydrogens is 904 g/mol. The van der Waals surface area contributed by atoms with E-state index in [0.29, 0.717) is 0 Å². The lowest BCUT2D eigenvalue weighted by Gasteiger charge is -2.37. The largest absolute Gasteiger partial charge is 0.377 e. The summed E-state index contributed by atoms with van der Waals surface area (Å²) in [7, 11) is -9.70. The molecule has 0 spiro atoms. The van der Waals surface area contributed by atoms with Crippen molar-refractivity contribution in [1.29, 1.82) is 0 Å². The van der Waals surface area contributed by atoms with Gasteiger partial charge in [0.05, 0.1) is 0 Å². The van der Waals surface area contributed by atoms with Crippen molar-refractivity contribution in [3.8, 4) is 44.5 Å². The predicted molar refractivity (Wildman–Crippen MR) is 300 cm³/mol. The minimum atomic E-state index is -3.26. The summed E-state index contributed by atoms with van der Waals surface area (Å²) in [6.45, 7) is -0.679. The molecule has 0 bridgehead atoms. The number of anilines is 4. The molecule has 0 aromatic heterocycles. The molecule has 6 aliphatic heterocycles. The molecule has 10 aromatic carbocycles. The maximum absolute atomic E-state index is 16.7. The fraction of sp³-hybridized carbons (Fsp3) is 0.0164. The number of para-hydroxylation sites is 2. The molecule has 0 amide bonds. The molecule has 328 valence electrons. The van der Waals surface area contributed by atoms with Crippen molar-refractivity contribution >= 4 is 111 Å². The summed E-state index contributed by atoms with van der Waals surface area (Å²) >= 11 is 0. The van der Waals surface area contributed by atoms with Crippen LogP contribution < -0.4 is 62.5 Å². The van der Waals surface area contributed by atoms with Crippen LogP contribution in [0, 0.1) is 0 Å². The van der Waals surface area contributed by atoms with E-state index < -0.39 is 22.1 Å². The van der Waals surface area contributed by atoms with Crippen LogP contribution in [0.3, 0.4) is 0 Å². The average Bonchev–Trinajstić information content (AvgIpc) is 4.05. The van der Waals surface area contributed by atoms with E-state index in [0.717, 1.165) is 88.3 Å². The molecule has 70 heavy (non-hydrogen) atoms. The first-order valence-corrected chi connectivity index (χ1v) is 29.4. The van der Waals surface area contributed by atoms with Gasteiger partial charge in [-0.3, -0.25) is 0 Å². The van der Waals surface area contributed by atoms with E-state index in [2.05, 4.69) is 240 Å². The Morgan fingerprint density at radius 1 is 0.314 bits per heavy atom. The lowest BCUT2D eigenvalue weighted by atomic mass is 9.69. The van der Waals surface area contributed by atoms with Crippen LogP contribution >= 0.6 is 14.0 Å². The zero-order valence-electron chi connectivity index (χ0n) is 37.2. The zero-order valence-corrected chi connectivity index (χ0v) is 40.0. The number of rotatable bonds is 4. The molecule has 0 fully saturated rings. The van der Waals surface area contributed by atoms with Gasteiger partial charge in [-0.05, 0) is 89.3 Å². The normalized spacial score (nSPS) is 18.3. The van der Waals surface area contributed by atoms with E-state index >= 15 is 9.13 Å². The first-order valence-electron chi connectivity index (χ1n) is 23.9. The lowest BCUT2D eigenvalue weighted by molar-refractivity contribution is 0.594. The van der Waals surface area contributed by atoms with Crippen LogP contribution in [0.15, 0.2) is 231 Å². The van der Waals surface area contributed by atoms with Crippen LogP contribution in [0.2, 0.25) is 0 Å². The minimum Gasteiger partial charge on any atom is -0.373 e. The van der Waals surface area contributed by atoms with E-state index in [1.165, 1.54) is 31.9 Å². The molecule has 0 N–H and O–H groups in total.